The molecule has 0 spiro atoms. The number of nitrogens with zero attached hydrogens (tertiary/aromatic N) is 1. The summed E-state index contributed by atoms with van der Waals surface area (Å²) in [6.07, 6.45) is 2.24. The molecule has 0 aliphatic heterocycles. The Hall–Kier alpha value is -0.693. The molecule has 5 nitrogen and oxygen atoms in total. The molecule has 2 atom stereocenters. The second-order valence-corrected chi connectivity index (χ2v) is 12.5. The third-order valence-electron chi connectivity index (χ3n) is 4.99. The lowest BCUT2D eigenvalue weighted by atomic mass is 9.83. The predicted molar refractivity (Wildman–Crippen MR) is 89.8 cm³/mol. The first kappa shape index (κ1) is 19.4. The van der Waals surface area contributed by atoms with E-state index in [9.17, 15) is 9.90 Å². The molecule has 0 bridgehead atoms. The van der Waals surface area contributed by atoms with E-state index in [4.69, 9.17) is 9.26 Å². The zero-order chi connectivity index (χ0) is 17.3. The Morgan fingerprint density at radius 2 is 2.00 bits per heavy atom. The van der Waals surface area contributed by atoms with Crippen molar-refractivity contribution in [3.8, 4) is 0 Å². The molecule has 0 aromatic rings. The van der Waals surface area contributed by atoms with Gasteiger partial charge < -0.3 is 9.53 Å². The third kappa shape index (κ3) is 3.98. The summed E-state index contributed by atoms with van der Waals surface area (Å²) in [5.41, 5.74) is -0.375. The second-order valence-electron chi connectivity index (χ2n) is 7.74. The van der Waals surface area contributed by atoms with Gasteiger partial charge in [0.05, 0.1) is 13.2 Å². The van der Waals surface area contributed by atoms with Gasteiger partial charge in [0.25, 0.3) is 5.91 Å². The molecule has 0 fully saturated rings. The van der Waals surface area contributed by atoms with E-state index < -0.39 is 19.8 Å². The van der Waals surface area contributed by atoms with Gasteiger partial charge in [0, 0.05) is 19.9 Å². The van der Waals surface area contributed by atoms with Crippen molar-refractivity contribution in [1.82, 2.24) is 5.06 Å². The van der Waals surface area contributed by atoms with Gasteiger partial charge >= 0.3 is 0 Å². The van der Waals surface area contributed by atoms with Crippen molar-refractivity contribution >= 4 is 14.2 Å². The van der Waals surface area contributed by atoms with Crippen LogP contribution in [0.3, 0.4) is 0 Å². The van der Waals surface area contributed by atoms with Crippen molar-refractivity contribution in [1.29, 1.82) is 0 Å². The lowest BCUT2D eigenvalue weighted by molar-refractivity contribution is -0.191. The van der Waals surface area contributed by atoms with Crippen LogP contribution in [0.25, 0.3) is 0 Å². The van der Waals surface area contributed by atoms with Gasteiger partial charge in [-0.1, -0.05) is 26.8 Å². The highest BCUT2D eigenvalue weighted by atomic mass is 28.4. The van der Waals surface area contributed by atoms with Crippen molar-refractivity contribution in [3.63, 3.8) is 0 Å². The minimum Gasteiger partial charge on any atom is -0.410 e. The average molecular weight is 330 g/mol. The number of amides is 1. The first-order chi connectivity index (χ1) is 9.84. The molecule has 0 heterocycles. The van der Waals surface area contributed by atoms with Gasteiger partial charge in [0.15, 0.2) is 13.9 Å². The fourth-order valence-corrected chi connectivity index (χ4v) is 3.56. The number of hydrogen-bond acceptors (Lipinski definition) is 4. The van der Waals surface area contributed by atoms with Crippen LogP contribution in [0.15, 0.2) is 11.6 Å². The Morgan fingerprint density at radius 1 is 1.45 bits per heavy atom. The van der Waals surface area contributed by atoms with Crippen molar-refractivity contribution in [3.05, 3.63) is 11.6 Å². The van der Waals surface area contributed by atoms with Crippen LogP contribution < -0.4 is 0 Å². The monoisotopic (exact) mass is 329 g/mol. The maximum absolute atomic E-state index is 12.3. The molecule has 0 aromatic carbocycles. The zero-order valence-electron chi connectivity index (χ0n) is 15.2. The average Bonchev–Trinajstić information content (AvgIpc) is 2.39. The molecule has 22 heavy (non-hydrogen) atoms. The van der Waals surface area contributed by atoms with E-state index in [1.165, 1.54) is 14.2 Å². The van der Waals surface area contributed by atoms with Crippen LogP contribution in [0, 0.1) is 0 Å². The summed E-state index contributed by atoms with van der Waals surface area (Å²) >= 11 is 0. The summed E-state index contributed by atoms with van der Waals surface area (Å²) in [6, 6.07) is 0. The summed E-state index contributed by atoms with van der Waals surface area (Å²) in [4.78, 5) is 17.3. The summed E-state index contributed by atoms with van der Waals surface area (Å²) in [7, 11) is 0.946. The number of carbonyl (C=O) groups is 1. The highest BCUT2D eigenvalue weighted by Crippen LogP contribution is 2.40. The van der Waals surface area contributed by atoms with Crippen molar-refractivity contribution in [2.24, 2.45) is 0 Å². The molecular formula is C16H31NO4Si. The van der Waals surface area contributed by atoms with E-state index in [0.29, 0.717) is 6.42 Å². The van der Waals surface area contributed by atoms with Crippen LogP contribution in [0.4, 0.5) is 0 Å². The Labute approximate surface area is 135 Å². The number of aliphatic hydroxyl groups is 1. The van der Waals surface area contributed by atoms with Gasteiger partial charge in [-0.25, -0.2) is 5.06 Å². The van der Waals surface area contributed by atoms with Crippen molar-refractivity contribution in [2.75, 3.05) is 14.2 Å². The topological polar surface area (TPSA) is 59.0 Å². The van der Waals surface area contributed by atoms with Crippen LogP contribution >= 0.6 is 0 Å². The molecule has 0 saturated carbocycles. The van der Waals surface area contributed by atoms with E-state index in [0.717, 1.165) is 10.6 Å². The quantitative estimate of drug-likeness (QED) is 0.489. The minimum absolute atomic E-state index is 0.0795. The summed E-state index contributed by atoms with van der Waals surface area (Å²) in [5, 5.41) is 11.9. The normalized spacial score (nSPS) is 26.6. The lowest BCUT2D eigenvalue weighted by Crippen LogP contribution is -2.53. The minimum atomic E-state index is -1.98. The number of carbonyl (C=O) groups excluding carboxylic acids is 1. The van der Waals surface area contributed by atoms with Crippen LogP contribution in [-0.2, 0) is 14.1 Å². The van der Waals surface area contributed by atoms with Crippen molar-refractivity contribution < 1.29 is 19.2 Å². The van der Waals surface area contributed by atoms with E-state index in [-0.39, 0.29) is 17.6 Å². The second kappa shape index (κ2) is 6.43. The van der Waals surface area contributed by atoms with E-state index in [2.05, 4.69) is 33.9 Å². The zero-order valence-corrected chi connectivity index (χ0v) is 16.2. The van der Waals surface area contributed by atoms with E-state index >= 15 is 0 Å². The maximum atomic E-state index is 12.3. The number of hydroxylamine groups is 2. The van der Waals surface area contributed by atoms with Gasteiger partial charge in [-0.05, 0) is 30.6 Å². The third-order valence-corrected chi connectivity index (χ3v) is 9.48. The molecule has 1 aliphatic carbocycles. The van der Waals surface area contributed by atoms with Crippen LogP contribution in [-0.4, -0.2) is 50.3 Å². The smallest absolute Gasteiger partial charge is 0.278 e. The van der Waals surface area contributed by atoms with Crippen molar-refractivity contribution in [2.45, 2.75) is 70.4 Å². The summed E-state index contributed by atoms with van der Waals surface area (Å²) < 4.78 is 6.41. The standard InChI is InChI=1S/C16H31NO4Si/c1-12-9-10-16(19,14(18)17(5)20-6)11-13(12)21-22(7,8)15(2,3)4/h9,13,19H,10-11H2,1-8H3/t13-,16-/m1/s1. The molecule has 0 radical (unpaired) electrons. The van der Waals surface area contributed by atoms with Crippen LogP contribution in [0.1, 0.15) is 40.5 Å². The fourth-order valence-electron chi connectivity index (χ4n) is 2.23. The highest BCUT2D eigenvalue weighted by molar-refractivity contribution is 6.74. The van der Waals surface area contributed by atoms with E-state index in [1.807, 2.05) is 13.0 Å². The number of hydrogen-bond donors (Lipinski definition) is 1. The van der Waals surface area contributed by atoms with Crippen LogP contribution in [0.2, 0.25) is 18.1 Å². The molecule has 1 aliphatic rings. The molecule has 0 aromatic heterocycles. The molecule has 6 heteroatoms. The first-order valence-electron chi connectivity index (χ1n) is 7.73. The fraction of sp³-hybridized carbons (Fsp3) is 0.812. The van der Waals surface area contributed by atoms with Gasteiger partial charge in [0.2, 0.25) is 0 Å². The molecule has 128 valence electrons. The number of likely N-dealkylation sites (N-methyl/N-ethyl adjacent to an activating group) is 1. The maximum Gasteiger partial charge on any atom is 0.278 e. The number of rotatable bonds is 4. The Balaban J connectivity index is 2.97. The Bertz CT molecular complexity index is 456. The SMILES string of the molecule is CON(C)C(=O)[C@@]1(O)CC=C(C)[C@H](O[Si](C)(C)C(C)(C)C)C1. The molecule has 0 saturated heterocycles. The first-order valence-corrected chi connectivity index (χ1v) is 10.6. The van der Waals surface area contributed by atoms with Gasteiger partial charge in [-0.2, -0.15) is 0 Å². The Kier molecular flexibility index (Phi) is 5.66. The summed E-state index contributed by atoms with van der Waals surface area (Å²) in [6.45, 7) is 12.9. The summed E-state index contributed by atoms with van der Waals surface area (Å²) in [5.74, 6) is -0.428. The molecule has 1 rings (SSSR count). The van der Waals surface area contributed by atoms with Gasteiger partial charge in [0.1, 0.15) is 0 Å². The van der Waals surface area contributed by atoms with Gasteiger partial charge in [-0.3, -0.25) is 9.63 Å². The largest absolute Gasteiger partial charge is 0.410 e. The molecule has 0 unspecified atom stereocenters. The lowest BCUT2D eigenvalue weighted by Gasteiger charge is -2.43. The molecule has 1 N–H and O–H groups in total. The highest BCUT2D eigenvalue weighted by Gasteiger charge is 2.46. The Morgan fingerprint density at radius 3 is 2.45 bits per heavy atom. The van der Waals surface area contributed by atoms with Crippen LogP contribution in [0.5, 0.6) is 0 Å². The molecular weight excluding hydrogens is 298 g/mol. The van der Waals surface area contributed by atoms with E-state index in [1.54, 1.807) is 0 Å². The predicted octanol–water partition coefficient (Wildman–Crippen LogP) is 2.87. The van der Waals surface area contributed by atoms with Gasteiger partial charge in [-0.15, -0.1) is 0 Å². The molecule has 1 amide bonds.